The van der Waals surface area contributed by atoms with Gasteiger partial charge in [-0.3, -0.25) is 9.69 Å². The third-order valence-corrected chi connectivity index (χ3v) is 6.23. The summed E-state index contributed by atoms with van der Waals surface area (Å²) in [4.78, 5) is 17.4. The Morgan fingerprint density at radius 2 is 1.58 bits per heavy atom. The number of hydrogen-bond donors (Lipinski definition) is 0. The molecular formula is C26H35FN2O4. The normalized spacial score (nSPS) is 14.2. The van der Waals surface area contributed by atoms with Gasteiger partial charge in [0.2, 0.25) is 11.7 Å². The molecule has 0 atom stereocenters. The SMILES string of the molecule is COc1ccc(CN(C)CC(=O)N(Cc2ccc(F)cc2)C2CCCCC2)c(OC)c1OC. The number of likely N-dealkylation sites (N-methyl/N-ethyl adjacent to an activating group) is 1. The zero-order chi connectivity index (χ0) is 23.8. The summed E-state index contributed by atoms with van der Waals surface area (Å²) in [5.74, 6) is 1.55. The molecule has 1 fully saturated rings. The molecule has 3 rings (SSSR count). The van der Waals surface area contributed by atoms with Gasteiger partial charge >= 0.3 is 0 Å². The van der Waals surface area contributed by atoms with Gasteiger partial charge in [0.1, 0.15) is 5.82 Å². The highest BCUT2D eigenvalue weighted by atomic mass is 19.1. The van der Waals surface area contributed by atoms with Crippen molar-refractivity contribution in [2.75, 3.05) is 34.9 Å². The first-order chi connectivity index (χ1) is 16.0. The van der Waals surface area contributed by atoms with Crippen molar-refractivity contribution in [1.29, 1.82) is 0 Å². The number of benzene rings is 2. The second kappa shape index (κ2) is 11.9. The van der Waals surface area contributed by atoms with E-state index in [0.29, 0.717) is 30.3 Å². The van der Waals surface area contributed by atoms with E-state index in [-0.39, 0.29) is 24.3 Å². The quantitative estimate of drug-likeness (QED) is 0.519. The van der Waals surface area contributed by atoms with E-state index in [9.17, 15) is 9.18 Å². The van der Waals surface area contributed by atoms with Crippen molar-refractivity contribution in [3.8, 4) is 17.2 Å². The zero-order valence-electron chi connectivity index (χ0n) is 20.1. The lowest BCUT2D eigenvalue weighted by Crippen LogP contribution is -2.45. The lowest BCUT2D eigenvalue weighted by molar-refractivity contribution is -0.136. The molecule has 1 amide bonds. The summed E-state index contributed by atoms with van der Waals surface area (Å²) in [7, 11) is 6.68. The first kappa shape index (κ1) is 24.8. The minimum Gasteiger partial charge on any atom is -0.493 e. The molecule has 6 nitrogen and oxygen atoms in total. The lowest BCUT2D eigenvalue weighted by Gasteiger charge is -2.35. The standard InChI is InChI=1S/C26H35FN2O4/c1-28(17-20-12-15-23(31-2)26(33-4)25(20)32-3)18-24(30)29(22-8-6-5-7-9-22)16-19-10-13-21(27)14-11-19/h10-15,22H,5-9,16-18H2,1-4H3. The van der Waals surface area contributed by atoms with Crippen LogP contribution in [-0.2, 0) is 17.9 Å². The molecule has 0 unspecified atom stereocenters. The number of amides is 1. The summed E-state index contributed by atoms with van der Waals surface area (Å²) >= 11 is 0. The Morgan fingerprint density at radius 1 is 0.909 bits per heavy atom. The summed E-state index contributed by atoms with van der Waals surface area (Å²) in [6, 6.07) is 10.4. The Labute approximate surface area is 196 Å². The van der Waals surface area contributed by atoms with Gasteiger partial charge in [0.25, 0.3) is 0 Å². The number of carbonyl (C=O) groups excluding carboxylic acids is 1. The molecule has 0 heterocycles. The van der Waals surface area contributed by atoms with Gasteiger partial charge < -0.3 is 19.1 Å². The van der Waals surface area contributed by atoms with Crippen molar-refractivity contribution in [2.24, 2.45) is 0 Å². The van der Waals surface area contributed by atoms with Crippen LogP contribution in [0.5, 0.6) is 17.2 Å². The van der Waals surface area contributed by atoms with E-state index in [1.165, 1.54) is 18.6 Å². The van der Waals surface area contributed by atoms with Crippen LogP contribution in [0.2, 0.25) is 0 Å². The minimum absolute atomic E-state index is 0.0770. The van der Waals surface area contributed by atoms with Gasteiger partial charge in [-0.25, -0.2) is 4.39 Å². The van der Waals surface area contributed by atoms with E-state index in [1.54, 1.807) is 33.5 Å². The molecule has 0 spiro atoms. The van der Waals surface area contributed by atoms with Crippen LogP contribution in [0.3, 0.4) is 0 Å². The molecule has 0 aliphatic heterocycles. The van der Waals surface area contributed by atoms with E-state index in [4.69, 9.17) is 14.2 Å². The number of hydrogen-bond acceptors (Lipinski definition) is 5. The Morgan fingerprint density at radius 3 is 2.18 bits per heavy atom. The number of rotatable bonds is 10. The van der Waals surface area contributed by atoms with Gasteiger partial charge in [-0.1, -0.05) is 37.5 Å². The van der Waals surface area contributed by atoms with Crippen molar-refractivity contribution in [2.45, 2.75) is 51.2 Å². The third kappa shape index (κ3) is 6.38. The Hall–Kier alpha value is -2.80. The van der Waals surface area contributed by atoms with Gasteiger partial charge in [0.05, 0.1) is 27.9 Å². The zero-order valence-corrected chi connectivity index (χ0v) is 20.1. The Balaban J connectivity index is 1.73. The van der Waals surface area contributed by atoms with Crippen LogP contribution >= 0.6 is 0 Å². The molecule has 2 aromatic rings. The van der Waals surface area contributed by atoms with E-state index >= 15 is 0 Å². The fraction of sp³-hybridized carbons (Fsp3) is 0.500. The van der Waals surface area contributed by atoms with Gasteiger partial charge in [0, 0.05) is 24.7 Å². The van der Waals surface area contributed by atoms with Crippen LogP contribution in [0.4, 0.5) is 4.39 Å². The van der Waals surface area contributed by atoms with E-state index in [1.807, 2.05) is 29.0 Å². The maximum Gasteiger partial charge on any atom is 0.237 e. The summed E-state index contributed by atoms with van der Waals surface area (Å²) in [6.07, 6.45) is 5.52. The largest absolute Gasteiger partial charge is 0.493 e. The second-order valence-electron chi connectivity index (χ2n) is 8.61. The smallest absolute Gasteiger partial charge is 0.237 e. The number of methoxy groups -OCH3 is 3. The molecule has 7 heteroatoms. The van der Waals surface area contributed by atoms with Crippen LogP contribution in [0, 0.1) is 5.82 Å². The van der Waals surface area contributed by atoms with Crippen molar-refractivity contribution in [1.82, 2.24) is 9.80 Å². The predicted molar refractivity (Wildman–Crippen MR) is 126 cm³/mol. The maximum absolute atomic E-state index is 13.4. The molecule has 0 aromatic heterocycles. The maximum atomic E-state index is 13.4. The molecule has 1 saturated carbocycles. The molecule has 2 aromatic carbocycles. The van der Waals surface area contributed by atoms with E-state index in [2.05, 4.69) is 0 Å². The van der Waals surface area contributed by atoms with E-state index < -0.39 is 0 Å². The predicted octanol–water partition coefficient (Wildman–Crippen LogP) is 4.64. The van der Waals surface area contributed by atoms with Crippen LogP contribution in [0.15, 0.2) is 36.4 Å². The molecule has 180 valence electrons. The highest BCUT2D eigenvalue weighted by Gasteiger charge is 2.27. The van der Waals surface area contributed by atoms with Crippen molar-refractivity contribution in [3.63, 3.8) is 0 Å². The minimum atomic E-state index is -0.266. The molecular weight excluding hydrogens is 423 g/mol. The van der Waals surface area contributed by atoms with Crippen molar-refractivity contribution < 1.29 is 23.4 Å². The number of halogens is 1. The van der Waals surface area contributed by atoms with Crippen molar-refractivity contribution in [3.05, 3.63) is 53.3 Å². The Kier molecular flexibility index (Phi) is 8.95. The fourth-order valence-electron chi connectivity index (χ4n) is 4.56. The van der Waals surface area contributed by atoms with Crippen LogP contribution in [0.25, 0.3) is 0 Å². The molecule has 0 N–H and O–H groups in total. The molecule has 1 aliphatic rings. The summed E-state index contributed by atoms with van der Waals surface area (Å²) in [6.45, 7) is 1.29. The molecule has 0 radical (unpaired) electrons. The number of carbonyl (C=O) groups is 1. The Bertz CT molecular complexity index is 913. The average Bonchev–Trinajstić information content (AvgIpc) is 2.83. The first-order valence-corrected chi connectivity index (χ1v) is 11.5. The first-order valence-electron chi connectivity index (χ1n) is 11.5. The summed E-state index contributed by atoms with van der Waals surface area (Å²) in [5.41, 5.74) is 1.85. The molecule has 33 heavy (non-hydrogen) atoms. The fourth-order valence-corrected chi connectivity index (χ4v) is 4.56. The monoisotopic (exact) mass is 458 g/mol. The summed E-state index contributed by atoms with van der Waals surface area (Å²) in [5, 5.41) is 0. The third-order valence-electron chi connectivity index (χ3n) is 6.23. The van der Waals surface area contributed by atoms with E-state index in [0.717, 1.165) is 36.8 Å². The van der Waals surface area contributed by atoms with Crippen LogP contribution < -0.4 is 14.2 Å². The van der Waals surface area contributed by atoms with Gasteiger partial charge in [-0.2, -0.15) is 0 Å². The van der Waals surface area contributed by atoms with Gasteiger partial charge in [-0.15, -0.1) is 0 Å². The van der Waals surface area contributed by atoms with Crippen molar-refractivity contribution >= 4 is 5.91 Å². The highest BCUT2D eigenvalue weighted by molar-refractivity contribution is 5.78. The number of nitrogens with zero attached hydrogens (tertiary/aromatic N) is 2. The average molecular weight is 459 g/mol. The van der Waals surface area contributed by atoms with Gasteiger partial charge in [-0.05, 0) is 43.7 Å². The van der Waals surface area contributed by atoms with Crippen LogP contribution in [0.1, 0.15) is 43.2 Å². The van der Waals surface area contributed by atoms with Gasteiger partial charge in [0.15, 0.2) is 11.5 Å². The second-order valence-corrected chi connectivity index (χ2v) is 8.61. The molecule has 0 saturated heterocycles. The molecule has 0 bridgehead atoms. The summed E-state index contributed by atoms with van der Waals surface area (Å²) < 4.78 is 29.8. The van der Waals surface area contributed by atoms with Crippen LogP contribution in [-0.4, -0.2) is 56.7 Å². The lowest BCUT2D eigenvalue weighted by atomic mass is 9.93. The topological polar surface area (TPSA) is 51.2 Å². The highest BCUT2D eigenvalue weighted by Crippen LogP contribution is 2.40. The number of ether oxygens (including phenoxy) is 3. The molecule has 1 aliphatic carbocycles.